The molecule has 0 saturated heterocycles. The molecular weight excluding hydrogens is 488 g/mol. The number of nitrogens with zero attached hydrogens (tertiary/aromatic N) is 3. The number of nitriles is 1. The average Bonchev–Trinajstić information content (AvgIpc) is 2.97. The van der Waals surface area contributed by atoms with Crippen molar-refractivity contribution in [1.82, 2.24) is 0 Å². The third-order valence-corrected chi connectivity index (χ3v) is 7.81. The highest BCUT2D eigenvalue weighted by Crippen LogP contribution is 2.52. The molecule has 2 aliphatic rings. The minimum atomic E-state index is -0.718. The van der Waals surface area contributed by atoms with E-state index in [4.69, 9.17) is 0 Å². The maximum atomic E-state index is 17.3. The summed E-state index contributed by atoms with van der Waals surface area (Å²) in [6.07, 6.45) is 1.36. The minimum absolute atomic E-state index is 0.0734. The summed E-state index contributed by atoms with van der Waals surface area (Å²) in [5, 5.41) is 10.2. The van der Waals surface area contributed by atoms with Crippen LogP contribution in [-0.2, 0) is 12.8 Å². The van der Waals surface area contributed by atoms with Crippen LogP contribution in [0.4, 0.5) is 42.9 Å². The van der Waals surface area contributed by atoms with Crippen molar-refractivity contribution in [1.29, 1.82) is 5.26 Å². The second-order valence-corrected chi connectivity index (χ2v) is 9.98. The van der Waals surface area contributed by atoms with E-state index in [1.54, 1.807) is 11.8 Å². The van der Waals surface area contributed by atoms with Crippen LogP contribution in [0.2, 0.25) is 0 Å². The molecule has 0 bridgehead atoms. The molecular formula is C34H23F2N3. The van der Waals surface area contributed by atoms with Crippen LogP contribution in [0.3, 0.4) is 0 Å². The van der Waals surface area contributed by atoms with Gasteiger partial charge in [-0.2, -0.15) is 5.26 Å². The Bertz CT molecular complexity index is 1740. The van der Waals surface area contributed by atoms with E-state index >= 15 is 8.78 Å². The zero-order chi connectivity index (χ0) is 26.7. The fraction of sp³-hybridized carbons (Fsp3) is 0.0882. The molecule has 188 valence electrons. The quantitative estimate of drug-likeness (QED) is 0.232. The summed E-state index contributed by atoms with van der Waals surface area (Å²) in [4.78, 5) is 3.53. The molecule has 5 aromatic rings. The van der Waals surface area contributed by atoms with E-state index < -0.39 is 11.6 Å². The number of halogens is 2. The van der Waals surface area contributed by atoms with Crippen molar-refractivity contribution >= 4 is 34.1 Å². The zero-order valence-corrected chi connectivity index (χ0v) is 21.2. The van der Waals surface area contributed by atoms with Gasteiger partial charge in [0.25, 0.3) is 0 Å². The van der Waals surface area contributed by atoms with E-state index in [0.717, 1.165) is 45.0 Å². The van der Waals surface area contributed by atoms with Gasteiger partial charge in [-0.3, -0.25) is 0 Å². The fourth-order valence-corrected chi connectivity index (χ4v) is 6.03. The van der Waals surface area contributed by atoms with Crippen molar-refractivity contribution in [2.75, 3.05) is 9.80 Å². The summed E-state index contributed by atoms with van der Waals surface area (Å²) in [6, 6.07) is 33.1. The number of rotatable bonds is 2. The van der Waals surface area contributed by atoms with Crippen LogP contribution in [-0.4, -0.2) is 0 Å². The topological polar surface area (TPSA) is 30.3 Å². The number of hydrogen-bond acceptors (Lipinski definition) is 3. The number of para-hydroxylation sites is 4. The molecule has 0 atom stereocenters. The van der Waals surface area contributed by atoms with Gasteiger partial charge < -0.3 is 9.80 Å². The lowest BCUT2D eigenvalue weighted by molar-refractivity contribution is 0.591. The van der Waals surface area contributed by atoms with Gasteiger partial charge in [0, 0.05) is 41.2 Å². The monoisotopic (exact) mass is 511 g/mol. The highest BCUT2D eigenvalue weighted by molar-refractivity contribution is 5.92. The highest BCUT2D eigenvalue weighted by atomic mass is 19.1. The Morgan fingerprint density at radius 1 is 0.564 bits per heavy atom. The SMILES string of the molecule is Cc1c(F)c(C#N)c(N2c3ccccc3Cc3ccccc32)c(F)c1N1c2ccccc2Cc2ccccc21. The van der Waals surface area contributed by atoms with E-state index in [1.807, 2.05) is 108 Å². The van der Waals surface area contributed by atoms with Gasteiger partial charge in [-0.1, -0.05) is 72.8 Å². The van der Waals surface area contributed by atoms with Crippen molar-refractivity contribution in [3.05, 3.63) is 142 Å². The van der Waals surface area contributed by atoms with Gasteiger partial charge in [-0.05, 0) is 53.4 Å². The Morgan fingerprint density at radius 2 is 0.923 bits per heavy atom. The first kappa shape index (κ1) is 23.2. The molecule has 5 aromatic carbocycles. The summed E-state index contributed by atoms with van der Waals surface area (Å²) in [5.74, 6) is -1.35. The fourth-order valence-electron chi connectivity index (χ4n) is 6.03. The van der Waals surface area contributed by atoms with Crippen LogP contribution >= 0.6 is 0 Å². The van der Waals surface area contributed by atoms with Crippen molar-refractivity contribution < 1.29 is 8.78 Å². The number of anilines is 6. The van der Waals surface area contributed by atoms with Gasteiger partial charge in [0.2, 0.25) is 0 Å². The highest BCUT2D eigenvalue weighted by Gasteiger charge is 2.36. The zero-order valence-electron chi connectivity index (χ0n) is 21.2. The predicted octanol–water partition coefficient (Wildman–Crippen LogP) is 8.89. The molecule has 0 saturated carbocycles. The Morgan fingerprint density at radius 3 is 1.31 bits per heavy atom. The van der Waals surface area contributed by atoms with Crippen LogP contribution < -0.4 is 9.80 Å². The molecule has 0 aromatic heterocycles. The lowest BCUT2D eigenvalue weighted by Crippen LogP contribution is -2.25. The molecule has 0 fully saturated rings. The average molecular weight is 512 g/mol. The Kier molecular flexibility index (Phi) is 5.24. The Balaban J connectivity index is 1.57. The third kappa shape index (κ3) is 3.38. The summed E-state index contributed by atoms with van der Waals surface area (Å²) in [5.41, 5.74) is 6.91. The van der Waals surface area contributed by atoms with Crippen molar-refractivity contribution in [2.45, 2.75) is 19.8 Å². The molecule has 0 radical (unpaired) electrons. The molecule has 0 aliphatic carbocycles. The number of benzene rings is 5. The maximum absolute atomic E-state index is 17.3. The molecule has 2 heterocycles. The van der Waals surface area contributed by atoms with Gasteiger partial charge in [-0.15, -0.1) is 0 Å². The van der Waals surface area contributed by atoms with Crippen molar-refractivity contribution in [3.8, 4) is 6.07 Å². The van der Waals surface area contributed by atoms with E-state index in [2.05, 4.69) is 0 Å². The van der Waals surface area contributed by atoms with Gasteiger partial charge in [0.05, 0.1) is 5.69 Å². The summed E-state index contributed by atoms with van der Waals surface area (Å²) in [6.45, 7) is 1.55. The molecule has 7 rings (SSSR count). The Hall–Kier alpha value is -4.95. The smallest absolute Gasteiger partial charge is 0.173 e. The second-order valence-electron chi connectivity index (χ2n) is 9.98. The standard InChI is InChI=1S/C34H23F2N3/c1-21-31(35)26(20-37)34(39-29-16-8-4-12-24(29)19-25-13-5-9-17-30(25)39)32(36)33(21)38-27-14-6-2-10-22(27)18-23-11-3-7-15-28(23)38/h2-17H,18-19H2,1H3. The summed E-state index contributed by atoms with van der Waals surface area (Å²) in [7, 11) is 0. The van der Waals surface area contributed by atoms with E-state index in [1.165, 1.54) is 0 Å². The van der Waals surface area contributed by atoms with Crippen LogP contribution in [0.15, 0.2) is 97.1 Å². The molecule has 0 spiro atoms. The van der Waals surface area contributed by atoms with E-state index in [-0.39, 0.29) is 22.5 Å². The number of fused-ring (bicyclic) bond motifs is 4. The molecule has 39 heavy (non-hydrogen) atoms. The summed E-state index contributed by atoms with van der Waals surface area (Å²) >= 11 is 0. The molecule has 2 aliphatic heterocycles. The molecule has 5 heteroatoms. The van der Waals surface area contributed by atoms with E-state index in [9.17, 15) is 5.26 Å². The van der Waals surface area contributed by atoms with Gasteiger partial charge in [0.1, 0.15) is 23.1 Å². The number of hydrogen-bond donors (Lipinski definition) is 0. The van der Waals surface area contributed by atoms with Gasteiger partial charge >= 0.3 is 0 Å². The predicted molar refractivity (Wildman–Crippen MR) is 151 cm³/mol. The Labute approximate surface area is 225 Å². The largest absolute Gasteiger partial charge is 0.307 e. The van der Waals surface area contributed by atoms with Crippen LogP contribution in [0, 0.1) is 29.9 Å². The third-order valence-electron chi connectivity index (χ3n) is 7.81. The molecule has 0 amide bonds. The van der Waals surface area contributed by atoms with Gasteiger partial charge in [0.15, 0.2) is 5.82 Å². The molecule has 3 nitrogen and oxygen atoms in total. The maximum Gasteiger partial charge on any atom is 0.173 e. The van der Waals surface area contributed by atoms with Crippen molar-refractivity contribution in [2.24, 2.45) is 0 Å². The first-order valence-corrected chi connectivity index (χ1v) is 12.9. The molecule has 0 N–H and O–H groups in total. The summed E-state index contributed by atoms with van der Waals surface area (Å²) < 4.78 is 33.6. The van der Waals surface area contributed by atoms with Crippen LogP contribution in [0.25, 0.3) is 0 Å². The normalized spacial score (nSPS) is 13.2. The van der Waals surface area contributed by atoms with Crippen LogP contribution in [0.5, 0.6) is 0 Å². The lowest BCUT2D eigenvalue weighted by Gasteiger charge is -2.38. The first-order chi connectivity index (χ1) is 19.1. The first-order valence-electron chi connectivity index (χ1n) is 12.9. The van der Waals surface area contributed by atoms with E-state index in [0.29, 0.717) is 12.8 Å². The lowest BCUT2D eigenvalue weighted by atomic mass is 9.92. The second kappa shape index (κ2) is 8.82. The molecule has 0 unspecified atom stereocenters. The van der Waals surface area contributed by atoms with Crippen molar-refractivity contribution in [3.63, 3.8) is 0 Å². The van der Waals surface area contributed by atoms with Gasteiger partial charge in [-0.25, -0.2) is 8.78 Å². The van der Waals surface area contributed by atoms with Crippen LogP contribution in [0.1, 0.15) is 33.4 Å². The minimum Gasteiger partial charge on any atom is -0.307 e.